The second-order valence-electron chi connectivity index (χ2n) is 8.12. The maximum absolute atomic E-state index is 12.4. The molecule has 0 spiro atoms. The number of nitrogens with one attached hydrogen (secondary N) is 2. The topological polar surface area (TPSA) is 59.6 Å². The van der Waals surface area contributed by atoms with E-state index in [1.165, 1.54) is 11.1 Å². The summed E-state index contributed by atoms with van der Waals surface area (Å²) in [5.41, 5.74) is 4.04. The van der Waals surface area contributed by atoms with Gasteiger partial charge in [0.1, 0.15) is 11.5 Å². The third-order valence-corrected chi connectivity index (χ3v) is 5.43. The number of carbonyl (C=O) groups excluding carboxylic acids is 1. The fourth-order valence-corrected chi connectivity index (χ4v) is 3.58. The van der Waals surface area contributed by atoms with Gasteiger partial charge in [0, 0.05) is 30.3 Å². The van der Waals surface area contributed by atoms with E-state index < -0.39 is 0 Å². The molecule has 0 aromatic heterocycles. The Morgan fingerprint density at radius 2 is 1.20 bits per heavy atom. The highest BCUT2D eigenvalue weighted by Gasteiger charge is 2.04. The van der Waals surface area contributed by atoms with Crippen LogP contribution >= 0.6 is 0 Å². The molecule has 0 atom stereocenters. The third kappa shape index (κ3) is 8.23. The van der Waals surface area contributed by atoms with Crippen LogP contribution in [0.1, 0.15) is 11.1 Å². The minimum atomic E-state index is -0.127. The number of amides is 1. The molecule has 0 heterocycles. The number of benzene rings is 4. The summed E-state index contributed by atoms with van der Waals surface area (Å²) in [5.74, 6) is 1.42. The Kier molecular flexibility index (Phi) is 8.77. The molecule has 4 rings (SSSR count). The Balaban J connectivity index is 1.17. The quantitative estimate of drug-likeness (QED) is 0.270. The molecule has 0 unspecified atom stereocenters. The van der Waals surface area contributed by atoms with Crippen LogP contribution in [0.25, 0.3) is 0 Å². The monoisotopic (exact) mass is 466 g/mol. The summed E-state index contributed by atoms with van der Waals surface area (Å²) in [5, 5.41) is 6.05. The summed E-state index contributed by atoms with van der Waals surface area (Å²) in [6.07, 6.45) is 1.70. The van der Waals surface area contributed by atoms with Crippen LogP contribution in [0, 0.1) is 0 Å². The Labute approximate surface area is 206 Å². The lowest BCUT2D eigenvalue weighted by atomic mass is 10.2. The lowest BCUT2D eigenvalue weighted by Crippen LogP contribution is -2.21. The summed E-state index contributed by atoms with van der Waals surface area (Å²) in [6, 6.07) is 35.5. The van der Waals surface area contributed by atoms with E-state index in [9.17, 15) is 4.79 Å². The van der Waals surface area contributed by atoms with Crippen molar-refractivity contribution in [1.29, 1.82) is 0 Å². The summed E-state index contributed by atoms with van der Waals surface area (Å²) >= 11 is 0. The Bertz CT molecular complexity index is 1180. The average molecular weight is 467 g/mol. The van der Waals surface area contributed by atoms with Crippen molar-refractivity contribution >= 4 is 17.3 Å². The molecule has 0 radical (unpaired) electrons. The van der Waals surface area contributed by atoms with E-state index in [-0.39, 0.29) is 12.5 Å². The molecule has 0 aliphatic heterocycles. The summed E-state index contributed by atoms with van der Waals surface area (Å²) in [4.78, 5) is 12.4. The van der Waals surface area contributed by atoms with Gasteiger partial charge in [0.15, 0.2) is 0 Å². The molecule has 1 amide bonds. The highest BCUT2D eigenvalue weighted by atomic mass is 16.5. The van der Waals surface area contributed by atoms with Crippen molar-refractivity contribution in [1.82, 2.24) is 0 Å². The number of carbonyl (C=O) groups is 1. The molecular formula is C30H30N2O3. The number of hydrogen-bond acceptors (Lipinski definition) is 4. The van der Waals surface area contributed by atoms with Gasteiger partial charge in [0.25, 0.3) is 0 Å². The highest BCUT2D eigenvalue weighted by molar-refractivity contribution is 5.93. The van der Waals surface area contributed by atoms with Crippen molar-refractivity contribution in [2.24, 2.45) is 0 Å². The normalized spacial score (nSPS) is 10.4. The van der Waals surface area contributed by atoms with Crippen molar-refractivity contribution in [3.8, 4) is 11.5 Å². The maximum Gasteiger partial charge on any atom is 0.243 e. The first-order chi connectivity index (χ1) is 17.2. The van der Waals surface area contributed by atoms with Gasteiger partial charge in [-0.3, -0.25) is 4.79 Å². The van der Waals surface area contributed by atoms with E-state index in [0.717, 1.165) is 35.7 Å². The van der Waals surface area contributed by atoms with Crippen LogP contribution in [0.5, 0.6) is 11.5 Å². The minimum Gasteiger partial charge on any atom is -0.493 e. The molecule has 0 aliphatic carbocycles. The van der Waals surface area contributed by atoms with Gasteiger partial charge in [-0.25, -0.2) is 0 Å². The molecule has 35 heavy (non-hydrogen) atoms. The van der Waals surface area contributed by atoms with Crippen molar-refractivity contribution in [2.45, 2.75) is 12.8 Å². The van der Waals surface area contributed by atoms with Crippen molar-refractivity contribution in [3.63, 3.8) is 0 Å². The molecule has 0 bridgehead atoms. The van der Waals surface area contributed by atoms with E-state index in [2.05, 4.69) is 34.9 Å². The van der Waals surface area contributed by atoms with Crippen molar-refractivity contribution in [3.05, 3.63) is 120 Å². The third-order valence-electron chi connectivity index (χ3n) is 5.43. The van der Waals surface area contributed by atoms with E-state index in [0.29, 0.717) is 13.2 Å². The molecule has 178 valence electrons. The van der Waals surface area contributed by atoms with E-state index >= 15 is 0 Å². The van der Waals surface area contributed by atoms with Crippen LogP contribution in [0.2, 0.25) is 0 Å². The van der Waals surface area contributed by atoms with Gasteiger partial charge in [-0.2, -0.15) is 0 Å². The average Bonchev–Trinajstić information content (AvgIpc) is 2.90. The zero-order valence-corrected chi connectivity index (χ0v) is 19.7. The second kappa shape index (κ2) is 12.8. The van der Waals surface area contributed by atoms with Gasteiger partial charge in [-0.1, -0.05) is 66.7 Å². The molecule has 4 aromatic carbocycles. The fraction of sp³-hybridized carbons (Fsp3) is 0.167. The van der Waals surface area contributed by atoms with Crippen LogP contribution in [-0.4, -0.2) is 25.7 Å². The zero-order chi connectivity index (χ0) is 24.1. The Morgan fingerprint density at radius 1 is 0.600 bits per heavy atom. The van der Waals surface area contributed by atoms with Crippen LogP contribution in [0.4, 0.5) is 11.4 Å². The van der Waals surface area contributed by atoms with E-state index in [1.54, 1.807) is 0 Å². The first-order valence-corrected chi connectivity index (χ1v) is 11.8. The van der Waals surface area contributed by atoms with Crippen LogP contribution in [0.15, 0.2) is 109 Å². The van der Waals surface area contributed by atoms with Gasteiger partial charge >= 0.3 is 0 Å². The van der Waals surface area contributed by atoms with Gasteiger partial charge < -0.3 is 20.1 Å². The van der Waals surface area contributed by atoms with E-state index in [1.807, 2.05) is 84.9 Å². The van der Waals surface area contributed by atoms with Crippen molar-refractivity contribution < 1.29 is 14.3 Å². The zero-order valence-electron chi connectivity index (χ0n) is 19.7. The highest BCUT2D eigenvalue weighted by Crippen LogP contribution is 2.18. The summed E-state index contributed by atoms with van der Waals surface area (Å²) in [7, 11) is 0. The molecule has 0 saturated carbocycles. The standard InChI is InChI=1S/C30H30N2O3/c33-30(32-26-14-16-28(17-15-26)34-20-18-24-8-3-1-4-9-24)23-31-27-12-7-13-29(22-27)35-21-19-25-10-5-2-6-11-25/h1-17,22,31H,18-21,23H2,(H,32,33). The number of anilines is 2. The molecule has 0 fully saturated rings. The predicted octanol–water partition coefficient (Wildman–Crippen LogP) is 5.98. The summed E-state index contributed by atoms with van der Waals surface area (Å²) in [6.45, 7) is 1.36. The fourth-order valence-electron chi connectivity index (χ4n) is 3.58. The van der Waals surface area contributed by atoms with Crippen LogP contribution < -0.4 is 20.1 Å². The first kappa shape index (κ1) is 23.9. The largest absolute Gasteiger partial charge is 0.493 e. The molecular weight excluding hydrogens is 436 g/mol. The molecule has 5 heteroatoms. The molecule has 5 nitrogen and oxygen atoms in total. The molecule has 0 saturated heterocycles. The van der Waals surface area contributed by atoms with Gasteiger partial charge in [-0.15, -0.1) is 0 Å². The van der Waals surface area contributed by atoms with Gasteiger partial charge in [0.05, 0.1) is 19.8 Å². The SMILES string of the molecule is O=C(CNc1cccc(OCCc2ccccc2)c1)Nc1ccc(OCCc2ccccc2)cc1. The second-order valence-corrected chi connectivity index (χ2v) is 8.12. The molecule has 2 N–H and O–H groups in total. The summed E-state index contributed by atoms with van der Waals surface area (Å²) < 4.78 is 11.7. The van der Waals surface area contributed by atoms with Crippen LogP contribution in [0.3, 0.4) is 0 Å². The first-order valence-electron chi connectivity index (χ1n) is 11.8. The van der Waals surface area contributed by atoms with E-state index in [4.69, 9.17) is 9.47 Å². The number of hydrogen-bond donors (Lipinski definition) is 2. The molecule has 0 aliphatic rings. The Morgan fingerprint density at radius 3 is 1.83 bits per heavy atom. The lowest BCUT2D eigenvalue weighted by molar-refractivity contribution is -0.114. The number of rotatable bonds is 12. The maximum atomic E-state index is 12.4. The van der Waals surface area contributed by atoms with Crippen molar-refractivity contribution in [2.75, 3.05) is 30.4 Å². The van der Waals surface area contributed by atoms with Crippen LogP contribution in [-0.2, 0) is 17.6 Å². The minimum absolute atomic E-state index is 0.127. The molecule has 4 aromatic rings. The van der Waals surface area contributed by atoms with Gasteiger partial charge in [-0.05, 0) is 47.5 Å². The van der Waals surface area contributed by atoms with Gasteiger partial charge in [0.2, 0.25) is 5.91 Å². The predicted molar refractivity (Wildman–Crippen MR) is 141 cm³/mol. The lowest BCUT2D eigenvalue weighted by Gasteiger charge is -2.11. The Hall–Kier alpha value is -4.25. The number of ether oxygens (including phenoxy) is 2. The smallest absolute Gasteiger partial charge is 0.243 e.